The van der Waals surface area contributed by atoms with Crippen LogP contribution in [0.25, 0.3) is 0 Å². The van der Waals surface area contributed by atoms with Crippen LogP contribution in [0.15, 0.2) is 48.5 Å². The van der Waals surface area contributed by atoms with Gasteiger partial charge in [0, 0.05) is 5.69 Å². The van der Waals surface area contributed by atoms with E-state index in [4.69, 9.17) is 9.84 Å². The minimum absolute atomic E-state index is 0.173. The number of carboxylic acid groups (broad SMARTS) is 1. The Labute approximate surface area is 124 Å². The Hall–Kier alpha value is -2.49. The van der Waals surface area contributed by atoms with Gasteiger partial charge in [0.1, 0.15) is 5.75 Å². The molecule has 2 N–H and O–H groups in total. The van der Waals surface area contributed by atoms with Gasteiger partial charge in [0.05, 0.1) is 18.7 Å². The van der Waals surface area contributed by atoms with Gasteiger partial charge in [0.25, 0.3) is 0 Å². The lowest BCUT2D eigenvalue weighted by Crippen LogP contribution is -2.09. The lowest BCUT2D eigenvalue weighted by molar-refractivity contribution is 0.0697. The van der Waals surface area contributed by atoms with E-state index in [1.165, 1.54) is 5.56 Å². The number of carbonyl (C=O) groups is 1. The molecule has 110 valence electrons. The third kappa shape index (κ3) is 3.75. The summed E-state index contributed by atoms with van der Waals surface area (Å²) in [6, 6.07) is 14.9. The van der Waals surface area contributed by atoms with Crippen molar-refractivity contribution in [2.75, 3.05) is 12.4 Å². The fourth-order valence-corrected chi connectivity index (χ4v) is 2.17. The predicted molar refractivity (Wildman–Crippen MR) is 83.1 cm³/mol. The molecule has 0 heterocycles. The zero-order chi connectivity index (χ0) is 15.2. The minimum atomic E-state index is -0.913. The molecule has 0 aliphatic heterocycles. The van der Waals surface area contributed by atoms with Gasteiger partial charge >= 0.3 is 5.97 Å². The molecule has 0 radical (unpaired) electrons. The summed E-state index contributed by atoms with van der Waals surface area (Å²) < 4.78 is 5.16. The second-order valence-electron chi connectivity index (χ2n) is 4.76. The molecule has 0 fully saturated rings. The largest absolute Gasteiger partial charge is 0.497 e. The van der Waals surface area contributed by atoms with Gasteiger partial charge in [0.15, 0.2) is 0 Å². The highest BCUT2D eigenvalue weighted by Crippen LogP contribution is 2.24. The van der Waals surface area contributed by atoms with Crippen LogP contribution in [0.4, 0.5) is 5.69 Å². The number of rotatable bonds is 6. The number of hydrogen-bond acceptors (Lipinski definition) is 3. The maximum Gasteiger partial charge on any atom is 0.335 e. The van der Waals surface area contributed by atoms with Crippen LogP contribution < -0.4 is 10.1 Å². The van der Waals surface area contributed by atoms with Crippen molar-refractivity contribution in [3.05, 3.63) is 59.7 Å². The topological polar surface area (TPSA) is 58.6 Å². The molecule has 0 aromatic heterocycles. The number of aromatic carboxylic acids is 1. The third-order valence-corrected chi connectivity index (χ3v) is 3.40. The Morgan fingerprint density at radius 2 is 1.76 bits per heavy atom. The summed E-state index contributed by atoms with van der Waals surface area (Å²) in [5.41, 5.74) is 2.36. The second kappa shape index (κ2) is 6.79. The number of nitrogens with one attached hydrogen (secondary N) is 1. The molecule has 1 atom stereocenters. The van der Waals surface area contributed by atoms with E-state index in [-0.39, 0.29) is 11.6 Å². The van der Waals surface area contributed by atoms with Crippen molar-refractivity contribution in [3.63, 3.8) is 0 Å². The number of hydrogen-bond donors (Lipinski definition) is 2. The van der Waals surface area contributed by atoms with Gasteiger partial charge in [-0.25, -0.2) is 4.79 Å². The molecule has 0 aliphatic carbocycles. The number of anilines is 1. The average molecular weight is 285 g/mol. The van der Waals surface area contributed by atoms with Crippen molar-refractivity contribution >= 4 is 11.7 Å². The SMILES string of the molecule is CCC(Nc1ccc(C(=O)O)cc1)c1ccc(OC)cc1. The first kappa shape index (κ1) is 14.9. The van der Waals surface area contributed by atoms with Crippen LogP contribution >= 0.6 is 0 Å². The van der Waals surface area contributed by atoms with E-state index in [0.29, 0.717) is 0 Å². The molecule has 0 spiro atoms. The highest BCUT2D eigenvalue weighted by atomic mass is 16.5. The van der Waals surface area contributed by atoms with Gasteiger partial charge in [-0.05, 0) is 48.4 Å². The third-order valence-electron chi connectivity index (χ3n) is 3.40. The average Bonchev–Trinajstić information content (AvgIpc) is 2.53. The normalized spacial score (nSPS) is 11.7. The molecule has 0 saturated carbocycles. The van der Waals surface area contributed by atoms with Gasteiger partial charge in [-0.1, -0.05) is 19.1 Å². The summed E-state index contributed by atoms with van der Waals surface area (Å²) in [6.45, 7) is 2.10. The van der Waals surface area contributed by atoms with Gasteiger partial charge in [-0.3, -0.25) is 0 Å². The van der Waals surface area contributed by atoms with Crippen LogP contribution in [0.3, 0.4) is 0 Å². The summed E-state index contributed by atoms with van der Waals surface area (Å²) in [5.74, 6) is -0.0804. The summed E-state index contributed by atoms with van der Waals surface area (Å²) in [6.07, 6.45) is 0.924. The molecule has 4 heteroatoms. The zero-order valence-corrected chi connectivity index (χ0v) is 12.2. The fourth-order valence-electron chi connectivity index (χ4n) is 2.17. The fraction of sp³-hybridized carbons (Fsp3) is 0.235. The first-order valence-corrected chi connectivity index (χ1v) is 6.88. The first-order valence-electron chi connectivity index (χ1n) is 6.88. The summed E-state index contributed by atoms with van der Waals surface area (Å²) in [5, 5.41) is 12.3. The van der Waals surface area contributed by atoms with Crippen molar-refractivity contribution in [1.82, 2.24) is 0 Å². The molecule has 1 unspecified atom stereocenters. The first-order chi connectivity index (χ1) is 10.1. The minimum Gasteiger partial charge on any atom is -0.497 e. The smallest absolute Gasteiger partial charge is 0.335 e. The molecule has 0 saturated heterocycles. The molecule has 2 aromatic carbocycles. The van der Waals surface area contributed by atoms with E-state index >= 15 is 0 Å². The maximum absolute atomic E-state index is 10.8. The van der Waals surface area contributed by atoms with Crippen molar-refractivity contribution in [1.29, 1.82) is 0 Å². The monoisotopic (exact) mass is 285 g/mol. The lowest BCUT2D eigenvalue weighted by Gasteiger charge is -2.19. The van der Waals surface area contributed by atoms with E-state index in [0.717, 1.165) is 17.9 Å². The van der Waals surface area contributed by atoms with Gasteiger partial charge in [-0.2, -0.15) is 0 Å². The van der Waals surface area contributed by atoms with Crippen LogP contribution in [-0.4, -0.2) is 18.2 Å². The maximum atomic E-state index is 10.8. The number of carboxylic acids is 1. The number of ether oxygens (including phenoxy) is 1. The molecular weight excluding hydrogens is 266 g/mol. The van der Waals surface area contributed by atoms with Gasteiger partial charge < -0.3 is 15.2 Å². The second-order valence-corrected chi connectivity index (χ2v) is 4.76. The van der Waals surface area contributed by atoms with E-state index in [2.05, 4.69) is 12.2 Å². The Kier molecular flexibility index (Phi) is 4.82. The number of benzene rings is 2. The van der Waals surface area contributed by atoms with Crippen molar-refractivity contribution in [2.45, 2.75) is 19.4 Å². The summed E-state index contributed by atoms with van der Waals surface area (Å²) in [4.78, 5) is 10.8. The van der Waals surface area contributed by atoms with E-state index in [9.17, 15) is 4.79 Å². The number of methoxy groups -OCH3 is 1. The van der Waals surface area contributed by atoms with Crippen LogP contribution in [0, 0.1) is 0 Å². The van der Waals surface area contributed by atoms with Gasteiger partial charge in [0.2, 0.25) is 0 Å². The highest BCUT2D eigenvalue weighted by Gasteiger charge is 2.10. The molecular formula is C17H19NO3. The van der Waals surface area contributed by atoms with Crippen molar-refractivity contribution in [3.8, 4) is 5.75 Å². The molecule has 0 bridgehead atoms. The Balaban J connectivity index is 2.12. The summed E-state index contributed by atoms with van der Waals surface area (Å²) >= 11 is 0. The Morgan fingerprint density at radius 3 is 2.24 bits per heavy atom. The molecule has 2 aromatic rings. The van der Waals surface area contributed by atoms with E-state index in [1.54, 1.807) is 31.4 Å². The molecule has 4 nitrogen and oxygen atoms in total. The zero-order valence-electron chi connectivity index (χ0n) is 12.2. The molecule has 0 aliphatic rings. The summed E-state index contributed by atoms with van der Waals surface area (Å²) in [7, 11) is 1.65. The molecule has 21 heavy (non-hydrogen) atoms. The Bertz CT molecular complexity index is 590. The molecule has 0 amide bonds. The predicted octanol–water partition coefficient (Wildman–Crippen LogP) is 3.96. The van der Waals surface area contributed by atoms with E-state index in [1.807, 2.05) is 24.3 Å². The van der Waals surface area contributed by atoms with E-state index < -0.39 is 5.97 Å². The lowest BCUT2D eigenvalue weighted by atomic mass is 10.0. The van der Waals surface area contributed by atoms with Crippen molar-refractivity contribution < 1.29 is 14.6 Å². The van der Waals surface area contributed by atoms with Crippen LogP contribution in [0.5, 0.6) is 5.75 Å². The van der Waals surface area contributed by atoms with Crippen molar-refractivity contribution in [2.24, 2.45) is 0 Å². The molecule has 2 rings (SSSR count). The standard InChI is InChI=1S/C17H19NO3/c1-3-16(12-6-10-15(21-2)11-7-12)18-14-8-4-13(5-9-14)17(19)20/h4-11,16,18H,3H2,1-2H3,(H,19,20). The van der Waals surface area contributed by atoms with Crippen LogP contribution in [-0.2, 0) is 0 Å². The van der Waals surface area contributed by atoms with Crippen LogP contribution in [0.2, 0.25) is 0 Å². The van der Waals surface area contributed by atoms with Crippen LogP contribution in [0.1, 0.15) is 35.3 Å². The van der Waals surface area contributed by atoms with Gasteiger partial charge in [-0.15, -0.1) is 0 Å². The quantitative estimate of drug-likeness (QED) is 0.843. The Morgan fingerprint density at radius 1 is 1.14 bits per heavy atom. The highest BCUT2D eigenvalue weighted by molar-refractivity contribution is 5.88.